The summed E-state index contributed by atoms with van der Waals surface area (Å²) in [6.45, 7) is 6.24. The zero-order chi connectivity index (χ0) is 13.9. The Morgan fingerprint density at radius 2 is 1.45 bits per heavy atom. The van der Waals surface area contributed by atoms with E-state index in [-0.39, 0.29) is 0 Å². The van der Waals surface area contributed by atoms with Gasteiger partial charge in [-0.05, 0) is 81.5 Å². The van der Waals surface area contributed by atoms with Gasteiger partial charge in [0.1, 0.15) is 0 Å². The SMILES string of the molecule is C=CC1CCC(C2CCC(C3OC3CCC)CC2)CC1. The number of rotatable bonds is 5. The van der Waals surface area contributed by atoms with Gasteiger partial charge in [-0.25, -0.2) is 0 Å². The molecule has 0 amide bonds. The highest BCUT2D eigenvalue weighted by Crippen LogP contribution is 2.46. The molecule has 2 atom stereocenters. The maximum Gasteiger partial charge on any atom is 0.0869 e. The van der Waals surface area contributed by atoms with E-state index in [0.29, 0.717) is 12.2 Å². The zero-order valence-corrected chi connectivity index (χ0v) is 13.2. The van der Waals surface area contributed by atoms with Crippen molar-refractivity contribution < 1.29 is 4.74 Å². The van der Waals surface area contributed by atoms with Gasteiger partial charge in [-0.2, -0.15) is 0 Å². The van der Waals surface area contributed by atoms with E-state index < -0.39 is 0 Å². The van der Waals surface area contributed by atoms with Crippen molar-refractivity contribution in [1.82, 2.24) is 0 Å². The quantitative estimate of drug-likeness (QED) is 0.487. The van der Waals surface area contributed by atoms with Crippen molar-refractivity contribution in [2.24, 2.45) is 23.7 Å². The van der Waals surface area contributed by atoms with Gasteiger partial charge in [-0.15, -0.1) is 6.58 Å². The first-order valence-electron chi connectivity index (χ1n) is 9.09. The summed E-state index contributed by atoms with van der Waals surface area (Å²) in [4.78, 5) is 0. The average Bonchev–Trinajstić information content (AvgIpc) is 3.27. The van der Waals surface area contributed by atoms with Crippen molar-refractivity contribution in [2.75, 3.05) is 0 Å². The lowest BCUT2D eigenvalue weighted by atomic mass is 9.68. The fourth-order valence-corrected chi connectivity index (χ4v) is 4.88. The Morgan fingerprint density at radius 1 is 0.900 bits per heavy atom. The van der Waals surface area contributed by atoms with E-state index in [1.54, 1.807) is 0 Å². The summed E-state index contributed by atoms with van der Waals surface area (Å²) in [7, 11) is 0. The van der Waals surface area contributed by atoms with Crippen LogP contribution in [-0.4, -0.2) is 12.2 Å². The van der Waals surface area contributed by atoms with Crippen LogP contribution in [0.15, 0.2) is 12.7 Å². The Labute approximate surface area is 125 Å². The molecular formula is C19H32O. The second-order valence-corrected chi connectivity index (χ2v) is 7.51. The third kappa shape index (κ3) is 3.30. The fourth-order valence-electron chi connectivity index (χ4n) is 4.88. The maximum absolute atomic E-state index is 5.90. The molecule has 0 aromatic carbocycles. The van der Waals surface area contributed by atoms with Crippen molar-refractivity contribution in [2.45, 2.75) is 83.3 Å². The van der Waals surface area contributed by atoms with Crippen LogP contribution in [0.2, 0.25) is 0 Å². The van der Waals surface area contributed by atoms with E-state index in [0.717, 1.165) is 23.7 Å². The molecule has 3 rings (SSSR count). The van der Waals surface area contributed by atoms with Crippen LogP contribution in [0.4, 0.5) is 0 Å². The summed E-state index contributed by atoms with van der Waals surface area (Å²) in [5.41, 5.74) is 0. The first kappa shape index (κ1) is 14.6. The van der Waals surface area contributed by atoms with Crippen molar-refractivity contribution in [3.8, 4) is 0 Å². The number of hydrogen-bond donors (Lipinski definition) is 0. The van der Waals surface area contributed by atoms with E-state index in [2.05, 4.69) is 19.6 Å². The molecule has 2 aliphatic carbocycles. The Morgan fingerprint density at radius 3 is 2.00 bits per heavy atom. The summed E-state index contributed by atoms with van der Waals surface area (Å²) >= 11 is 0. The molecule has 0 aromatic heterocycles. The lowest BCUT2D eigenvalue weighted by molar-refractivity contribution is 0.143. The summed E-state index contributed by atoms with van der Waals surface area (Å²) in [6, 6.07) is 0. The largest absolute Gasteiger partial charge is 0.369 e. The summed E-state index contributed by atoms with van der Waals surface area (Å²) in [5.74, 6) is 3.77. The van der Waals surface area contributed by atoms with E-state index in [4.69, 9.17) is 4.74 Å². The third-order valence-electron chi connectivity index (χ3n) is 6.29. The van der Waals surface area contributed by atoms with Crippen LogP contribution in [0.1, 0.15) is 71.1 Å². The molecule has 2 unspecified atom stereocenters. The van der Waals surface area contributed by atoms with Crippen LogP contribution in [0, 0.1) is 23.7 Å². The molecule has 1 heterocycles. The second kappa shape index (κ2) is 6.64. The summed E-state index contributed by atoms with van der Waals surface area (Å²) < 4.78 is 5.90. The van der Waals surface area contributed by atoms with E-state index in [1.807, 2.05) is 0 Å². The molecule has 3 fully saturated rings. The van der Waals surface area contributed by atoms with Crippen molar-refractivity contribution in [3.63, 3.8) is 0 Å². The first-order chi connectivity index (χ1) is 9.81. The molecule has 1 saturated heterocycles. The van der Waals surface area contributed by atoms with E-state index in [9.17, 15) is 0 Å². The molecule has 1 aliphatic heterocycles. The fraction of sp³-hybridized carbons (Fsp3) is 0.895. The zero-order valence-electron chi connectivity index (χ0n) is 13.2. The topological polar surface area (TPSA) is 12.5 Å². The smallest absolute Gasteiger partial charge is 0.0869 e. The average molecular weight is 276 g/mol. The third-order valence-corrected chi connectivity index (χ3v) is 6.29. The van der Waals surface area contributed by atoms with Gasteiger partial charge in [0.2, 0.25) is 0 Å². The van der Waals surface area contributed by atoms with Crippen LogP contribution in [0.3, 0.4) is 0 Å². The van der Waals surface area contributed by atoms with Crippen LogP contribution in [0.5, 0.6) is 0 Å². The molecule has 114 valence electrons. The molecule has 0 aromatic rings. The molecular weight excluding hydrogens is 244 g/mol. The minimum atomic E-state index is 0.629. The lowest BCUT2D eigenvalue weighted by Gasteiger charge is -2.37. The van der Waals surface area contributed by atoms with Gasteiger partial charge >= 0.3 is 0 Å². The monoisotopic (exact) mass is 276 g/mol. The Kier molecular flexibility index (Phi) is 4.86. The maximum atomic E-state index is 5.90. The van der Waals surface area contributed by atoms with Gasteiger partial charge in [0.25, 0.3) is 0 Å². The minimum absolute atomic E-state index is 0.629. The molecule has 1 heteroatoms. The number of epoxide rings is 1. The van der Waals surface area contributed by atoms with Gasteiger partial charge in [0, 0.05) is 0 Å². The van der Waals surface area contributed by atoms with Crippen molar-refractivity contribution in [3.05, 3.63) is 12.7 Å². The molecule has 0 spiro atoms. The molecule has 0 N–H and O–H groups in total. The van der Waals surface area contributed by atoms with E-state index >= 15 is 0 Å². The van der Waals surface area contributed by atoms with Crippen molar-refractivity contribution >= 4 is 0 Å². The molecule has 2 saturated carbocycles. The molecule has 0 radical (unpaired) electrons. The highest BCUT2D eigenvalue weighted by Gasteiger charge is 2.45. The molecule has 3 aliphatic rings. The van der Waals surface area contributed by atoms with Crippen LogP contribution < -0.4 is 0 Å². The van der Waals surface area contributed by atoms with Gasteiger partial charge in [0.15, 0.2) is 0 Å². The number of ether oxygens (including phenoxy) is 1. The molecule has 20 heavy (non-hydrogen) atoms. The van der Waals surface area contributed by atoms with Gasteiger partial charge in [-0.3, -0.25) is 0 Å². The minimum Gasteiger partial charge on any atom is -0.369 e. The molecule has 0 bridgehead atoms. The number of allylic oxidation sites excluding steroid dienone is 1. The standard InChI is InChI=1S/C19H32O/c1-3-5-18-19(20-18)17-12-10-16(11-13-17)15-8-6-14(4-2)7-9-15/h4,14-19H,2-3,5-13H2,1H3. The van der Waals surface area contributed by atoms with E-state index in [1.165, 1.54) is 64.2 Å². The Bertz CT molecular complexity index is 308. The lowest BCUT2D eigenvalue weighted by Crippen LogP contribution is -2.27. The predicted octanol–water partition coefficient (Wildman–Crippen LogP) is 5.35. The van der Waals surface area contributed by atoms with Crippen molar-refractivity contribution in [1.29, 1.82) is 0 Å². The summed E-state index contributed by atoms with van der Waals surface area (Å²) in [6.07, 6.45) is 17.6. The second-order valence-electron chi connectivity index (χ2n) is 7.51. The van der Waals surface area contributed by atoms with Gasteiger partial charge < -0.3 is 4.74 Å². The van der Waals surface area contributed by atoms with Gasteiger partial charge in [0.05, 0.1) is 12.2 Å². The normalized spacial score (nSPS) is 45.0. The number of hydrogen-bond acceptors (Lipinski definition) is 1. The Balaban J connectivity index is 1.40. The van der Waals surface area contributed by atoms with Crippen LogP contribution >= 0.6 is 0 Å². The summed E-state index contributed by atoms with van der Waals surface area (Å²) in [5, 5.41) is 0. The predicted molar refractivity (Wildman–Crippen MR) is 84.7 cm³/mol. The van der Waals surface area contributed by atoms with Gasteiger partial charge in [-0.1, -0.05) is 19.4 Å². The highest BCUT2D eigenvalue weighted by molar-refractivity contribution is 4.94. The Hall–Kier alpha value is -0.300. The van der Waals surface area contributed by atoms with Crippen LogP contribution in [0.25, 0.3) is 0 Å². The van der Waals surface area contributed by atoms with Crippen LogP contribution in [-0.2, 0) is 4.74 Å². The highest BCUT2D eigenvalue weighted by atomic mass is 16.6. The molecule has 1 nitrogen and oxygen atoms in total. The first-order valence-corrected chi connectivity index (χ1v) is 9.09.